The summed E-state index contributed by atoms with van der Waals surface area (Å²) in [6.07, 6.45) is 8.97. The summed E-state index contributed by atoms with van der Waals surface area (Å²) in [4.78, 5) is 1.46. The van der Waals surface area contributed by atoms with E-state index >= 15 is 0 Å². The van der Waals surface area contributed by atoms with Gasteiger partial charge in [-0.2, -0.15) is 0 Å². The molecule has 4 aliphatic carbocycles. The maximum Gasteiger partial charge on any atom is 0.0276 e. The normalized spacial score (nSPS) is 43.2. The van der Waals surface area contributed by atoms with Crippen LogP contribution in [0.2, 0.25) is 0 Å². The van der Waals surface area contributed by atoms with Crippen LogP contribution in [0.15, 0.2) is 11.4 Å². The molecule has 0 spiro atoms. The number of nitrogens with two attached hydrogens (primary N) is 1. The van der Waals surface area contributed by atoms with Crippen LogP contribution in [0.25, 0.3) is 0 Å². The second-order valence-corrected chi connectivity index (χ2v) is 7.66. The number of hydrogen-bond donors (Lipinski definition) is 1. The van der Waals surface area contributed by atoms with Crippen LogP contribution in [0.5, 0.6) is 0 Å². The van der Waals surface area contributed by atoms with E-state index < -0.39 is 0 Å². The largest absolute Gasteiger partial charge is 0.326 e. The van der Waals surface area contributed by atoms with Crippen LogP contribution in [-0.4, -0.2) is 0 Å². The van der Waals surface area contributed by atoms with Crippen molar-refractivity contribution in [2.24, 2.45) is 23.5 Å². The van der Waals surface area contributed by atoms with Gasteiger partial charge >= 0.3 is 0 Å². The van der Waals surface area contributed by atoms with Crippen molar-refractivity contribution >= 4 is 11.3 Å². The minimum atomic E-state index is 0.545. The van der Waals surface area contributed by atoms with Crippen LogP contribution < -0.4 is 5.73 Å². The van der Waals surface area contributed by atoms with Crippen molar-refractivity contribution in [1.29, 1.82) is 0 Å². The van der Waals surface area contributed by atoms with Crippen molar-refractivity contribution in [1.82, 2.24) is 0 Å². The fourth-order valence-corrected chi connectivity index (χ4v) is 6.29. The first-order valence-electron chi connectivity index (χ1n) is 7.06. The zero-order valence-corrected chi connectivity index (χ0v) is 11.1. The first kappa shape index (κ1) is 10.6. The molecule has 17 heavy (non-hydrogen) atoms. The zero-order chi connectivity index (χ0) is 11.5. The molecule has 2 heteroatoms. The summed E-state index contributed by atoms with van der Waals surface area (Å²) in [5.74, 6) is 3.10. The highest BCUT2D eigenvalue weighted by Crippen LogP contribution is 2.61. The molecule has 0 amide bonds. The van der Waals surface area contributed by atoms with Gasteiger partial charge < -0.3 is 5.73 Å². The molecule has 0 unspecified atom stereocenters. The lowest BCUT2D eigenvalue weighted by molar-refractivity contribution is -0.00533. The van der Waals surface area contributed by atoms with E-state index in [4.69, 9.17) is 5.73 Å². The van der Waals surface area contributed by atoms with Gasteiger partial charge in [0.15, 0.2) is 0 Å². The van der Waals surface area contributed by atoms with Crippen molar-refractivity contribution in [3.63, 3.8) is 0 Å². The second-order valence-electron chi connectivity index (χ2n) is 6.66. The SMILES string of the molecule is NCc1sccc1C12CC3CC(CC(C3)C1)C2. The average Bonchev–Trinajstić information content (AvgIpc) is 2.75. The average molecular weight is 247 g/mol. The maximum absolute atomic E-state index is 5.92. The third kappa shape index (κ3) is 1.47. The van der Waals surface area contributed by atoms with Crippen LogP contribution in [-0.2, 0) is 12.0 Å². The van der Waals surface area contributed by atoms with E-state index in [1.54, 1.807) is 5.56 Å². The highest BCUT2D eigenvalue weighted by Gasteiger charge is 2.52. The van der Waals surface area contributed by atoms with Gasteiger partial charge in [0.25, 0.3) is 0 Å². The van der Waals surface area contributed by atoms with Crippen LogP contribution in [0.1, 0.15) is 49.0 Å². The van der Waals surface area contributed by atoms with Gasteiger partial charge in [0, 0.05) is 11.4 Å². The maximum atomic E-state index is 5.92. The number of rotatable bonds is 2. The molecule has 0 saturated heterocycles. The van der Waals surface area contributed by atoms with E-state index in [0.29, 0.717) is 5.41 Å². The molecule has 0 aromatic carbocycles. The number of hydrogen-bond acceptors (Lipinski definition) is 2. The molecular weight excluding hydrogens is 226 g/mol. The van der Waals surface area contributed by atoms with Gasteiger partial charge in [-0.15, -0.1) is 11.3 Å². The summed E-state index contributed by atoms with van der Waals surface area (Å²) in [6, 6.07) is 2.39. The quantitative estimate of drug-likeness (QED) is 0.847. The van der Waals surface area contributed by atoms with E-state index in [1.165, 1.54) is 43.4 Å². The standard InChI is InChI=1S/C15H21NS/c16-9-14-13(1-2-17-14)15-6-10-3-11(7-15)5-12(4-10)8-15/h1-2,10-12H,3-9,16H2. The van der Waals surface area contributed by atoms with Gasteiger partial charge in [-0.3, -0.25) is 0 Å². The predicted octanol–water partition coefficient (Wildman–Crippen LogP) is 3.67. The lowest BCUT2D eigenvalue weighted by Gasteiger charge is -2.57. The van der Waals surface area contributed by atoms with Crippen molar-refractivity contribution < 1.29 is 0 Å². The molecule has 5 rings (SSSR count). The van der Waals surface area contributed by atoms with Gasteiger partial charge in [-0.1, -0.05) is 0 Å². The fraction of sp³-hybridized carbons (Fsp3) is 0.733. The van der Waals surface area contributed by atoms with Crippen LogP contribution in [0.3, 0.4) is 0 Å². The summed E-state index contributed by atoms with van der Waals surface area (Å²) < 4.78 is 0. The minimum Gasteiger partial charge on any atom is -0.326 e. The molecule has 4 saturated carbocycles. The Bertz CT molecular complexity index is 399. The molecule has 0 atom stereocenters. The van der Waals surface area contributed by atoms with E-state index in [9.17, 15) is 0 Å². The smallest absolute Gasteiger partial charge is 0.0276 e. The second kappa shape index (κ2) is 3.58. The Balaban J connectivity index is 1.77. The Hall–Kier alpha value is -0.340. The van der Waals surface area contributed by atoms with Crippen LogP contribution in [0.4, 0.5) is 0 Å². The monoisotopic (exact) mass is 247 g/mol. The fourth-order valence-electron chi connectivity index (χ4n) is 5.41. The number of thiophene rings is 1. The van der Waals surface area contributed by atoms with E-state index in [-0.39, 0.29) is 0 Å². The van der Waals surface area contributed by atoms with Crippen LogP contribution >= 0.6 is 11.3 Å². The molecule has 4 aliphatic rings. The minimum absolute atomic E-state index is 0.545. The van der Waals surface area contributed by atoms with Crippen molar-refractivity contribution in [3.8, 4) is 0 Å². The van der Waals surface area contributed by atoms with Crippen LogP contribution in [0, 0.1) is 17.8 Å². The summed E-state index contributed by atoms with van der Waals surface area (Å²) >= 11 is 1.87. The van der Waals surface area contributed by atoms with E-state index in [0.717, 1.165) is 24.3 Å². The highest BCUT2D eigenvalue weighted by atomic mass is 32.1. The molecule has 92 valence electrons. The molecule has 2 N–H and O–H groups in total. The summed E-state index contributed by atoms with van der Waals surface area (Å²) in [7, 11) is 0. The summed E-state index contributed by atoms with van der Waals surface area (Å²) in [5, 5.41) is 2.26. The Morgan fingerprint density at radius 2 is 1.71 bits per heavy atom. The Morgan fingerprint density at radius 3 is 2.24 bits per heavy atom. The summed E-state index contributed by atoms with van der Waals surface area (Å²) in [5.41, 5.74) is 8.11. The molecular formula is C15H21NS. The van der Waals surface area contributed by atoms with Gasteiger partial charge in [0.05, 0.1) is 0 Å². The van der Waals surface area contributed by atoms with Gasteiger partial charge in [0.2, 0.25) is 0 Å². The molecule has 4 bridgehead atoms. The third-order valence-electron chi connectivity index (χ3n) is 5.54. The third-order valence-corrected chi connectivity index (χ3v) is 6.48. The Labute approximate surface area is 107 Å². The van der Waals surface area contributed by atoms with Crippen molar-refractivity contribution in [2.75, 3.05) is 0 Å². The molecule has 0 radical (unpaired) electrons. The molecule has 4 fully saturated rings. The molecule has 1 aromatic rings. The first-order valence-corrected chi connectivity index (χ1v) is 7.94. The molecule has 1 heterocycles. The first-order chi connectivity index (χ1) is 8.29. The van der Waals surface area contributed by atoms with Gasteiger partial charge in [0.1, 0.15) is 0 Å². The lowest BCUT2D eigenvalue weighted by atomic mass is 9.48. The molecule has 1 nitrogen and oxygen atoms in total. The van der Waals surface area contributed by atoms with Crippen molar-refractivity contribution in [2.45, 2.75) is 50.5 Å². The van der Waals surface area contributed by atoms with Gasteiger partial charge in [-0.05, 0) is 78.7 Å². The van der Waals surface area contributed by atoms with E-state index in [1.807, 2.05) is 11.3 Å². The van der Waals surface area contributed by atoms with E-state index in [2.05, 4.69) is 11.4 Å². The lowest BCUT2D eigenvalue weighted by Crippen LogP contribution is -2.48. The Morgan fingerprint density at radius 1 is 1.12 bits per heavy atom. The molecule has 0 aliphatic heterocycles. The summed E-state index contributed by atoms with van der Waals surface area (Å²) in [6.45, 7) is 0.745. The molecule has 1 aromatic heterocycles. The Kier molecular flexibility index (Phi) is 2.23. The van der Waals surface area contributed by atoms with Crippen molar-refractivity contribution in [3.05, 3.63) is 21.9 Å². The topological polar surface area (TPSA) is 26.0 Å². The zero-order valence-electron chi connectivity index (χ0n) is 10.3. The van der Waals surface area contributed by atoms with Gasteiger partial charge in [-0.25, -0.2) is 0 Å². The highest BCUT2D eigenvalue weighted by molar-refractivity contribution is 7.10. The predicted molar refractivity (Wildman–Crippen MR) is 72.1 cm³/mol.